The molecule has 0 fully saturated rings. The highest BCUT2D eigenvalue weighted by Crippen LogP contribution is 2.43. The van der Waals surface area contributed by atoms with Gasteiger partial charge in [0.1, 0.15) is 24.8 Å². The molecular weight excluding hydrogens is 1240 g/mol. The van der Waals surface area contributed by atoms with Crippen molar-refractivity contribution in [1.82, 2.24) is 29.3 Å². The highest BCUT2D eigenvalue weighted by molar-refractivity contribution is 9.09. The number of halogens is 4. The lowest BCUT2D eigenvalue weighted by Crippen LogP contribution is -2.44. The number of alkyl halides is 2. The van der Waals surface area contributed by atoms with Crippen LogP contribution in [-0.2, 0) is 79.2 Å². The Kier molecular flexibility index (Phi) is 23.0. The smallest absolute Gasteiger partial charge is 0.343 e. The number of carbonyl (C=O) groups is 4. The van der Waals surface area contributed by atoms with Crippen LogP contribution in [0.3, 0.4) is 0 Å². The van der Waals surface area contributed by atoms with Gasteiger partial charge in [-0.3, -0.25) is 19.2 Å². The predicted octanol–water partition coefficient (Wildman–Crippen LogP) is 9.27. The summed E-state index contributed by atoms with van der Waals surface area (Å²) in [5.41, 5.74) is 9.27. The SMILES string of the molecule is CC[C@@]1(O)C(=O)OCc2c1cc1n(c2=O)Cc2c-1nc1cc(F)c(C)cc1c2CN.CC[C@@]1(O)C(=O)OCc2c1cc1n(c2=O)Cc2c-1nc1cc(F)c(C)cc1c2CNC(=O)CCCCCBr.CN(C)C.O=C(O)CCCCCBr.[2H]CSC. The lowest BCUT2D eigenvalue weighted by Gasteiger charge is -2.31. The maximum absolute atomic E-state index is 14.6. The normalized spacial score (nSPS) is 16.7. The summed E-state index contributed by atoms with van der Waals surface area (Å²) in [5.74, 6) is -3.11. The molecule has 6 N–H and O–H groups in total. The number of benzene rings is 2. The van der Waals surface area contributed by atoms with Crippen LogP contribution >= 0.6 is 43.6 Å². The lowest BCUT2D eigenvalue weighted by atomic mass is 9.86. The highest BCUT2D eigenvalue weighted by Gasteiger charge is 2.47. The minimum atomic E-state index is -1.93. The molecule has 4 aromatic heterocycles. The molecule has 6 aromatic rings. The van der Waals surface area contributed by atoms with Crippen LogP contribution in [0.4, 0.5) is 8.78 Å². The van der Waals surface area contributed by atoms with E-state index < -0.39 is 34.9 Å². The molecule has 0 spiro atoms. The van der Waals surface area contributed by atoms with Crippen LogP contribution in [-0.4, -0.2) is 107 Å². The Bertz CT molecular complexity index is 3620. The van der Waals surface area contributed by atoms with E-state index in [0.717, 1.165) is 76.8 Å². The second-order valence-electron chi connectivity index (χ2n) is 21.3. The number of ether oxygens (including phenoxy) is 2. The number of hydrogen-bond donors (Lipinski definition) is 5. The Labute approximate surface area is 509 Å². The zero-order chi connectivity index (χ0) is 62.7. The van der Waals surface area contributed by atoms with Crippen molar-refractivity contribution in [2.24, 2.45) is 5.73 Å². The Hall–Kier alpha value is -5.95. The second-order valence-corrected chi connectivity index (χ2v) is 23.4. The molecule has 84 heavy (non-hydrogen) atoms. The number of cyclic esters (lactones) is 2. The maximum atomic E-state index is 14.6. The minimum Gasteiger partial charge on any atom is -0.481 e. The number of fused-ring (bicyclic) bond motifs is 10. The molecule has 8 heterocycles. The zero-order valence-corrected chi connectivity index (χ0v) is 52.7. The van der Waals surface area contributed by atoms with Gasteiger partial charge in [-0.05, 0) is 133 Å². The van der Waals surface area contributed by atoms with Crippen molar-refractivity contribution in [3.63, 3.8) is 0 Å². The summed E-state index contributed by atoms with van der Waals surface area (Å²) in [5, 5.41) is 36.6. The largest absolute Gasteiger partial charge is 0.481 e. The number of carboxylic acid groups (broad SMARTS) is 1. The molecule has 1 amide bonds. The summed E-state index contributed by atoms with van der Waals surface area (Å²) >= 11 is 8.19. The third-order valence-electron chi connectivity index (χ3n) is 14.9. The van der Waals surface area contributed by atoms with Gasteiger partial charge in [0.2, 0.25) is 5.91 Å². The standard InChI is InChI=1S/C28H29BrFN3O5.C22H20FN3O4.C6H11BrO2.C3H9N.C2H6S/c1-3-28(37)20-10-23-25-18(13-33(23)26(35)19(20)14-38-27(28)36)17(12-31-24(34)7-5-4-6-8-29)16-9-15(2)21(30)11-22(16)32-25;1-3-22(29)15-5-18-19-13(8-26(18)20(27)14(15)9-30-21(22)28)12(7-24)11-4-10(2)16(23)6-17(11)25-19;7-5-3-1-2-4-6(8)9;1-4(2)3;1-3-2/h9-11,37H,3-8,12-14H2,1-2H3,(H,31,34);4-6,29H,3,7-9,24H2,1-2H3;1-5H2,(H,8,9);1-3H3;1-2H3/t28-;22-;;;/m00.../s1/i;;;;1D. The van der Waals surface area contributed by atoms with Crippen LogP contribution in [0.5, 0.6) is 0 Å². The maximum Gasteiger partial charge on any atom is 0.343 e. The van der Waals surface area contributed by atoms with E-state index in [1.54, 1.807) is 61.1 Å². The molecule has 454 valence electrons. The predicted molar refractivity (Wildman–Crippen MR) is 329 cm³/mol. The minimum absolute atomic E-state index is 0.0388. The van der Waals surface area contributed by atoms with Crippen molar-refractivity contribution in [3.05, 3.63) is 124 Å². The number of nitrogens with one attached hydrogen (secondary N) is 1. The van der Waals surface area contributed by atoms with E-state index in [2.05, 4.69) is 42.2 Å². The number of aliphatic carboxylic acids is 1. The average Bonchev–Trinajstić information content (AvgIpc) is 1.72. The van der Waals surface area contributed by atoms with Crippen molar-refractivity contribution >= 4 is 89.2 Å². The summed E-state index contributed by atoms with van der Waals surface area (Å²) in [6, 6.07) is 9.42. The number of aliphatic hydroxyl groups is 2. The van der Waals surface area contributed by atoms with Gasteiger partial charge in [0.15, 0.2) is 11.2 Å². The summed E-state index contributed by atoms with van der Waals surface area (Å²) in [6.07, 6.45) is 8.85. The van der Waals surface area contributed by atoms with Gasteiger partial charge in [-0.25, -0.2) is 28.3 Å². The van der Waals surface area contributed by atoms with Gasteiger partial charge in [0, 0.05) is 83.1 Å². The van der Waals surface area contributed by atoms with E-state index in [9.17, 15) is 47.8 Å². The van der Waals surface area contributed by atoms with E-state index in [0.29, 0.717) is 69.4 Å². The number of aromatic nitrogens is 4. The van der Waals surface area contributed by atoms with Crippen LogP contribution in [0.1, 0.15) is 135 Å². The van der Waals surface area contributed by atoms with E-state index in [-0.39, 0.29) is 97.3 Å². The first-order valence-corrected chi connectivity index (χ1v) is 31.3. The van der Waals surface area contributed by atoms with Gasteiger partial charge >= 0.3 is 17.9 Å². The van der Waals surface area contributed by atoms with Crippen molar-refractivity contribution < 1.29 is 54.1 Å². The zero-order valence-electron chi connectivity index (χ0n) is 49.7. The van der Waals surface area contributed by atoms with Crippen LogP contribution in [0.15, 0.2) is 46.0 Å². The van der Waals surface area contributed by atoms with Crippen LogP contribution in [0.25, 0.3) is 44.6 Å². The molecule has 0 saturated carbocycles. The number of thioether (sulfide) groups is 1. The number of carboxylic acids is 1. The number of pyridine rings is 4. The molecule has 2 atom stereocenters. The molecule has 4 aliphatic heterocycles. The number of hydrogen-bond acceptors (Lipinski definition) is 15. The summed E-state index contributed by atoms with van der Waals surface area (Å²) in [4.78, 5) is 85.4. The topological polar surface area (TPSA) is 258 Å². The van der Waals surface area contributed by atoms with E-state index in [4.69, 9.17) is 26.7 Å². The van der Waals surface area contributed by atoms with Crippen LogP contribution in [0.2, 0.25) is 0 Å². The van der Waals surface area contributed by atoms with E-state index in [1.807, 2.05) is 32.3 Å². The monoisotopic (exact) mass is 1310 g/mol. The number of unbranched alkanes of at least 4 members (excludes halogenated alkanes) is 4. The Morgan fingerprint density at radius 1 is 0.726 bits per heavy atom. The molecule has 0 radical (unpaired) electrons. The quantitative estimate of drug-likeness (QED) is 0.0364. The van der Waals surface area contributed by atoms with E-state index >= 15 is 0 Å². The van der Waals surface area contributed by atoms with Crippen LogP contribution < -0.4 is 22.2 Å². The first-order chi connectivity index (χ1) is 40.4. The number of nitrogens with two attached hydrogens (primary N) is 1. The molecule has 23 heteroatoms. The van der Waals surface area contributed by atoms with Gasteiger partial charge in [0.05, 0.1) is 58.0 Å². The molecule has 0 bridgehead atoms. The third-order valence-corrected chi connectivity index (χ3v) is 16.0. The summed E-state index contributed by atoms with van der Waals surface area (Å²) < 4.78 is 48.5. The molecule has 0 unspecified atom stereocenters. The third kappa shape index (κ3) is 14.3. The van der Waals surface area contributed by atoms with Crippen molar-refractivity contribution in [3.8, 4) is 22.8 Å². The highest BCUT2D eigenvalue weighted by atomic mass is 79.9. The fourth-order valence-electron chi connectivity index (χ4n) is 10.4. The van der Waals surface area contributed by atoms with Crippen molar-refractivity contribution in [2.45, 2.75) is 142 Å². The van der Waals surface area contributed by atoms with Crippen molar-refractivity contribution in [1.29, 1.82) is 0 Å². The Balaban J connectivity index is 0.000000217. The van der Waals surface area contributed by atoms with Gasteiger partial charge < -0.3 is 49.9 Å². The molecule has 0 aliphatic carbocycles. The summed E-state index contributed by atoms with van der Waals surface area (Å²) in [7, 11) is 6.00. The first kappa shape index (κ1) is 65.6. The summed E-state index contributed by atoms with van der Waals surface area (Å²) in [6.45, 7) is 7.11. The number of nitrogens with zero attached hydrogens (tertiary/aromatic N) is 5. The number of esters is 2. The Morgan fingerprint density at radius 3 is 1.54 bits per heavy atom. The molecular formula is C61H75Br2F2N7O11S. The molecule has 0 saturated heterocycles. The fraction of sp³-hybridized carbons (Fsp3) is 0.475. The van der Waals surface area contributed by atoms with Gasteiger partial charge in [0.25, 0.3) is 11.1 Å². The van der Waals surface area contributed by atoms with Gasteiger partial charge in [-0.2, -0.15) is 11.8 Å². The van der Waals surface area contributed by atoms with Crippen LogP contribution in [0, 0.1) is 25.5 Å². The molecule has 18 nitrogen and oxygen atoms in total. The molecule has 10 rings (SSSR count). The number of aryl methyl sites for hydroxylation is 2. The molecule has 4 aliphatic rings. The van der Waals surface area contributed by atoms with E-state index in [1.165, 1.54) is 23.9 Å². The fourth-order valence-corrected chi connectivity index (χ4v) is 11.2. The van der Waals surface area contributed by atoms with Gasteiger partial charge in [-0.1, -0.05) is 58.5 Å². The van der Waals surface area contributed by atoms with Crippen molar-refractivity contribution in [2.75, 3.05) is 44.3 Å². The van der Waals surface area contributed by atoms with Gasteiger partial charge in [-0.15, -0.1) is 0 Å². The lowest BCUT2D eigenvalue weighted by molar-refractivity contribution is -0.172. The second kappa shape index (κ2) is 29.4. The molecule has 2 aromatic carbocycles. The average molecular weight is 1310 g/mol. The number of carbonyl (C=O) groups excluding carboxylic acids is 3. The first-order valence-electron chi connectivity index (χ1n) is 28.4. The Morgan fingerprint density at radius 2 is 1.14 bits per heavy atom. The number of amides is 1. The number of rotatable bonds is 15.